The topological polar surface area (TPSA) is 32.3 Å². The van der Waals surface area contributed by atoms with Crippen LogP contribution in [0.25, 0.3) is 0 Å². The molecule has 2 unspecified atom stereocenters. The second-order valence-corrected chi connectivity index (χ2v) is 5.94. The average Bonchev–Trinajstić information content (AvgIpc) is 2.36. The van der Waals surface area contributed by atoms with E-state index >= 15 is 0 Å². The lowest BCUT2D eigenvalue weighted by molar-refractivity contribution is -0.134. The molecule has 3 heteroatoms. The van der Waals surface area contributed by atoms with Gasteiger partial charge in [0.15, 0.2) is 0 Å². The first kappa shape index (κ1) is 15.5. The predicted molar refractivity (Wildman–Crippen MR) is 76.5 cm³/mol. The number of piperidine rings is 1. The molecule has 1 fully saturated rings. The van der Waals surface area contributed by atoms with Crippen LogP contribution in [0.5, 0.6) is 0 Å². The minimum Gasteiger partial charge on any atom is -0.341 e. The second-order valence-electron chi connectivity index (χ2n) is 5.94. The number of likely N-dealkylation sites (tertiary alicyclic amines) is 1. The van der Waals surface area contributed by atoms with Crippen LogP contribution in [0.2, 0.25) is 0 Å². The summed E-state index contributed by atoms with van der Waals surface area (Å²) in [5.74, 6) is 1.65. The molecule has 1 saturated heterocycles. The van der Waals surface area contributed by atoms with Gasteiger partial charge >= 0.3 is 0 Å². The third-order valence-corrected chi connectivity index (χ3v) is 3.93. The van der Waals surface area contributed by atoms with Crippen LogP contribution >= 0.6 is 0 Å². The standard InChI is InChI=1S/C15H30N2O/c1-5-7-15(18)17-10-13(12(3)4)9-14(11-17)16-8-6-2/h12-14,16H,5-11H2,1-4H3. The number of nitrogens with zero attached hydrogens (tertiary/aromatic N) is 1. The highest BCUT2D eigenvalue weighted by molar-refractivity contribution is 5.76. The van der Waals surface area contributed by atoms with E-state index in [4.69, 9.17) is 0 Å². The van der Waals surface area contributed by atoms with Gasteiger partial charge in [0.1, 0.15) is 0 Å². The first-order chi connectivity index (χ1) is 8.58. The van der Waals surface area contributed by atoms with E-state index in [1.807, 2.05) is 0 Å². The van der Waals surface area contributed by atoms with Crippen LogP contribution in [0.15, 0.2) is 0 Å². The lowest BCUT2D eigenvalue weighted by Crippen LogP contribution is -2.52. The predicted octanol–water partition coefficient (Wildman–Crippen LogP) is 2.66. The summed E-state index contributed by atoms with van der Waals surface area (Å²) in [6.45, 7) is 11.7. The highest BCUT2D eigenvalue weighted by atomic mass is 16.2. The summed E-state index contributed by atoms with van der Waals surface area (Å²) in [6, 6.07) is 0.493. The van der Waals surface area contributed by atoms with Crippen LogP contribution in [-0.4, -0.2) is 36.5 Å². The summed E-state index contributed by atoms with van der Waals surface area (Å²) in [5.41, 5.74) is 0. The Bertz CT molecular complexity index is 253. The summed E-state index contributed by atoms with van der Waals surface area (Å²) in [4.78, 5) is 14.2. The average molecular weight is 254 g/mol. The minimum absolute atomic E-state index is 0.339. The largest absolute Gasteiger partial charge is 0.341 e. The van der Waals surface area contributed by atoms with Crippen molar-refractivity contribution in [1.82, 2.24) is 10.2 Å². The summed E-state index contributed by atoms with van der Waals surface area (Å²) in [7, 11) is 0. The molecule has 0 aliphatic carbocycles. The Hall–Kier alpha value is -0.570. The van der Waals surface area contributed by atoms with Crippen LogP contribution in [0, 0.1) is 11.8 Å². The molecule has 0 bridgehead atoms. The third-order valence-electron chi connectivity index (χ3n) is 3.93. The molecule has 1 N–H and O–H groups in total. The van der Waals surface area contributed by atoms with E-state index in [1.165, 1.54) is 6.42 Å². The number of rotatable bonds is 6. The van der Waals surface area contributed by atoms with Gasteiger partial charge in [0.2, 0.25) is 5.91 Å². The molecule has 1 heterocycles. The number of carbonyl (C=O) groups excluding carboxylic acids is 1. The minimum atomic E-state index is 0.339. The van der Waals surface area contributed by atoms with E-state index in [1.54, 1.807) is 0 Å². The van der Waals surface area contributed by atoms with Gasteiger partial charge in [0, 0.05) is 25.6 Å². The normalized spacial score (nSPS) is 24.6. The van der Waals surface area contributed by atoms with Crippen molar-refractivity contribution in [2.45, 2.75) is 59.4 Å². The zero-order valence-corrected chi connectivity index (χ0v) is 12.5. The molecule has 0 aromatic carbocycles. The van der Waals surface area contributed by atoms with Crippen molar-refractivity contribution in [2.75, 3.05) is 19.6 Å². The Morgan fingerprint density at radius 1 is 1.28 bits per heavy atom. The molecule has 0 aromatic heterocycles. The summed E-state index contributed by atoms with van der Waals surface area (Å²) in [6.07, 6.45) is 4.03. The molecule has 2 atom stereocenters. The van der Waals surface area contributed by atoms with Gasteiger partial charge in [-0.1, -0.05) is 27.7 Å². The number of carbonyl (C=O) groups is 1. The first-order valence-electron chi connectivity index (χ1n) is 7.59. The fraction of sp³-hybridized carbons (Fsp3) is 0.933. The van der Waals surface area contributed by atoms with E-state index in [2.05, 4.69) is 37.9 Å². The monoisotopic (exact) mass is 254 g/mol. The number of amides is 1. The maximum Gasteiger partial charge on any atom is 0.222 e. The lowest BCUT2D eigenvalue weighted by atomic mass is 9.85. The summed E-state index contributed by atoms with van der Waals surface area (Å²) in [5, 5.41) is 3.59. The Morgan fingerprint density at radius 3 is 2.56 bits per heavy atom. The Morgan fingerprint density at radius 2 is 2.00 bits per heavy atom. The molecule has 106 valence electrons. The second kappa shape index (κ2) is 7.78. The van der Waals surface area contributed by atoms with Crippen LogP contribution in [0.4, 0.5) is 0 Å². The molecule has 0 aromatic rings. The Labute approximate surface area is 112 Å². The van der Waals surface area contributed by atoms with Crippen molar-refractivity contribution in [2.24, 2.45) is 11.8 Å². The highest BCUT2D eigenvalue weighted by Crippen LogP contribution is 2.24. The lowest BCUT2D eigenvalue weighted by Gasteiger charge is -2.40. The van der Waals surface area contributed by atoms with E-state index in [0.717, 1.165) is 32.5 Å². The maximum atomic E-state index is 12.1. The molecule has 3 nitrogen and oxygen atoms in total. The van der Waals surface area contributed by atoms with Gasteiger partial charge in [-0.25, -0.2) is 0 Å². The van der Waals surface area contributed by atoms with Crippen molar-refractivity contribution >= 4 is 5.91 Å². The smallest absolute Gasteiger partial charge is 0.222 e. The quantitative estimate of drug-likeness (QED) is 0.790. The highest BCUT2D eigenvalue weighted by Gasteiger charge is 2.30. The van der Waals surface area contributed by atoms with Crippen molar-refractivity contribution in [1.29, 1.82) is 0 Å². The van der Waals surface area contributed by atoms with Gasteiger partial charge in [-0.05, 0) is 37.6 Å². The molecular formula is C15H30N2O. The van der Waals surface area contributed by atoms with E-state index in [9.17, 15) is 4.79 Å². The SMILES string of the molecule is CCCNC1CC(C(C)C)CN(C(=O)CCC)C1. The van der Waals surface area contributed by atoms with E-state index in [-0.39, 0.29) is 0 Å². The van der Waals surface area contributed by atoms with Crippen molar-refractivity contribution in [3.05, 3.63) is 0 Å². The van der Waals surface area contributed by atoms with Crippen LogP contribution in [0.1, 0.15) is 53.4 Å². The molecule has 1 amide bonds. The van der Waals surface area contributed by atoms with Crippen LogP contribution in [0.3, 0.4) is 0 Å². The molecule has 0 spiro atoms. The fourth-order valence-electron chi connectivity index (χ4n) is 2.69. The van der Waals surface area contributed by atoms with Crippen molar-refractivity contribution in [3.63, 3.8) is 0 Å². The molecule has 1 rings (SSSR count). The Balaban J connectivity index is 2.58. The maximum absolute atomic E-state index is 12.1. The van der Waals surface area contributed by atoms with Crippen LogP contribution in [-0.2, 0) is 4.79 Å². The molecule has 1 aliphatic rings. The summed E-state index contributed by atoms with van der Waals surface area (Å²) >= 11 is 0. The zero-order valence-electron chi connectivity index (χ0n) is 12.5. The van der Waals surface area contributed by atoms with Gasteiger partial charge in [-0.15, -0.1) is 0 Å². The molecule has 0 saturated carbocycles. The molecule has 18 heavy (non-hydrogen) atoms. The van der Waals surface area contributed by atoms with E-state index < -0.39 is 0 Å². The Kier molecular flexibility index (Phi) is 6.69. The number of nitrogens with one attached hydrogen (secondary N) is 1. The van der Waals surface area contributed by atoms with E-state index in [0.29, 0.717) is 30.2 Å². The van der Waals surface area contributed by atoms with Gasteiger partial charge in [-0.3, -0.25) is 4.79 Å². The number of hydrogen-bond donors (Lipinski definition) is 1. The van der Waals surface area contributed by atoms with Gasteiger partial charge in [0.25, 0.3) is 0 Å². The fourth-order valence-corrected chi connectivity index (χ4v) is 2.69. The first-order valence-corrected chi connectivity index (χ1v) is 7.59. The molecule has 1 aliphatic heterocycles. The summed E-state index contributed by atoms with van der Waals surface area (Å²) < 4.78 is 0. The zero-order chi connectivity index (χ0) is 13.5. The van der Waals surface area contributed by atoms with Gasteiger partial charge in [0.05, 0.1) is 0 Å². The van der Waals surface area contributed by atoms with Gasteiger partial charge < -0.3 is 10.2 Å². The van der Waals surface area contributed by atoms with Crippen molar-refractivity contribution in [3.8, 4) is 0 Å². The van der Waals surface area contributed by atoms with Crippen molar-refractivity contribution < 1.29 is 4.79 Å². The van der Waals surface area contributed by atoms with Crippen LogP contribution < -0.4 is 5.32 Å². The number of hydrogen-bond acceptors (Lipinski definition) is 2. The molecular weight excluding hydrogens is 224 g/mol. The third kappa shape index (κ3) is 4.60. The molecule has 0 radical (unpaired) electrons. The van der Waals surface area contributed by atoms with Gasteiger partial charge in [-0.2, -0.15) is 0 Å².